The monoisotopic (exact) mass is 340 g/mol. The predicted octanol–water partition coefficient (Wildman–Crippen LogP) is 1.83. The Bertz CT molecular complexity index is 698. The maximum atomic E-state index is 12.4. The molecule has 0 radical (unpaired) electrons. The first kappa shape index (κ1) is 17.2. The fraction of sp³-hybridized carbons (Fsp3) is 0.368. The normalized spacial score (nSPS) is 15.8. The molecule has 6 nitrogen and oxygen atoms in total. The minimum Gasteiger partial charge on any atom is -0.484 e. The standard InChI is InChI=1S/C19H24N4O2/c1-15(20)16-5-4-6-17(13-16)25-14-19(24)23-11-9-22(10-12-23)18-7-2-3-8-21-18/h2-8,13,15H,9-12,14,20H2,1H3. The Labute approximate surface area is 148 Å². The Kier molecular flexibility index (Phi) is 5.50. The van der Waals surface area contributed by atoms with Crippen LogP contribution in [0.5, 0.6) is 5.75 Å². The lowest BCUT2D eigenvalue weighted by Gasteiger charge is -2.35. The highest BCUT2D eigenvalue weighted by Crippen LogP contribution is 2.18. The third-order valence-electron chi connectivity index (χ3n) is 4.35. The van der Waals surface area contributed by atoms with Crippen LogP contribution in [0, 0.1) is 0 Å². The van der Waals surface area contributed by atoms with E-state index in [9.17, 15) is 4.79 Å². The molecule has 1 amide bonds. The second-order valence-corrected chi connectivity index (χ2v) is 6.21. The number of carbonyl (C=O) groups excluding carboxylic acids is 1. The van der Waals surface area contributed by atoms with Gasteiger partial charge in [0.15, 0.2) is 6.61 Å². The molecule has 2 heterocycles. The van der Waals surface area contributed by atoms with Gasteiger partial charge in [0.1, 0.15) is 11.6 Å². The van der Waals surface area contributed by atoms with Crippen molar-refractivity contribution in [3.63, 3.8) is 0 Å². The molecule has 2 N–H and O–H groups in total. The maximum absolute atomic E-state index is 12.4. The number of carbonyl (C=O) groups is 1. The molecule has 0 spiro atoms. The van der Waals surface area contributed by atoms with Crippen LogP contribution in [0.25, 0.3) is 0 Å². The molecule has 1 unspecified atom stereocenters. The van der Waals surface area contributed by atoms with Crippen LogP contribution in [0.2, 0.25) is 0 Å². The van der Waals surface area contributed by atoms with Crippen LogP contribution in [-0.4, -0.2) is 48.6 Å². The molecule has 1 aromatic heterocycles. The molecule has 0 saturated carbocycles. The predicted molar refractivity (Wildman–Crippen MR) is 97.6 cm³/mol. The molecule has 0 bridgehead atoms. The van der Waals surface area contributed by atoms with Gasteiger partial charge in [0.25, 0.3) is 5.91 Å². The summed E-state index contributed by atoms with van der Waals surface area (Å²) in [5, 5.41) is 0. The third-order valence-corrected chi connectivity index (χ3v) is 4.35. The van der Waals surface area contributed by atoms with E-state index < -0.39 is 0 Å². The van der Waals surface area contributed by atoms with Crippen molar-refractivity contribution in [1.29, 1.82) is 0 Å². The number of aromatic nitrogens is 1. The molecule has 132 valence electrons. The number of rotatable bonds is 5. The summed E-state index contributed by atoms with van der Waals surface area (Å²) >= 11 is 0. The van der Waals surface area contributed by atoms with Gasteiger partial charge < -0.3 is 20.3 Å². The van der Waals surface area contributed by atoms with Gasteiger partial charge in [-0.3, -0.25) is 4.79 Å². The lowest BCUT2D eigenvalue weighted by atomic mass is 10.1. The van der Waals surface area contributed by atoms with E-state index in [1.807, 2.05) is 54.3 Å². The van der Waals surface area contributed by atoms with E-state index >= 15 is 0 Å². The Morgan fingerprint density at radius 2 is 2.00 bits per heavy atom. The average molecular weight is 340 g/mol. The van der Waals surface area contributed by atoms with Crippen molar-refractivity contribution in [3.05, 3.63) is 54.2 Å². The van der Waals surface area contributed by atoms with Gasteiger partial charge in [-0.2, -0.15) is 0 Å². The smallest absolute Gasteiger partial charge is 0.260 e. The number of amides is 1. The van der Waals surface area contributed by atoms with Gasteiger partial charge >= 0.3 is 0 Å². The first-order valence-electron chi connectivity index (χ1n) is 8.55. The zero-order valence-electron chi connectivity index (χ0n) is 14.5. The van der Waals surface area contributed by atoms with Gasteiger partial charge in [-0.1, -0.05) is 18.2 Å². The molecular formula is C19H24N4O2. The van der Waals surface area contributed by atoms with E-state index in [2.05, 4.69) is 9.88 Å². The van der Waals surface area contributed by atoms with E-state index in [-0.39, 0.29) is 18.6 Å². The van der Waals surface area contributed by atoms with Crippen LogP contribution >= 0.6 is 0 Å². The van der Waals surface area contributed by atoms with Crippen LogP contribution in [0.15, 0.2) is 48.7 Å². The van der Waals surface area contributed by atoms with E-state index in [0.717, 1.165) is 24.5 Å². The van der Waals surface area contributed by atoms with Crippen molar-refractivity contribution in [1.82, 2.24) is 9.88 Å². The van der Waals surface area contributed by atoms with Crippen molar-refractivity contribution < 1.29 is 9.53 Å². The topological polar surface area (TPSA) is 71.7 Å². The summed E-state index contributed by atoms with van der Waals surface area (Å²) in [4.78, 5) is 20.8. The van der Waals surface area contributed by atoms with E-state index in [0.29, 0.717) is 18.8 Å². The van der Waals surface area contributed by atoms with Crippen molar-refractivity contribution in [3.8, 4) is 5.75 Å². The third kappa shape index (κ3) is 4.48. The first-order chi connectivity index (χ1) is 12.1. The number of nitrogens with two attached hydrogens (primary N) is 1. The molecule has 1 fully saturated rings. The Morgan fingerprint density at radius 1 is 1.20 bits per heavy atom. The number of pyridine rings is 1. The lowest BCUT2D eigenvalue weighted by Crippen LogP contribution is -2.50. The Morgan fingerprint density at radius 3 is 2.68 bits per heavy atom. The highest BCUT2D eigenvalue weighted by Gasteiger charge is 2.22. The summed E-state index contributed by atoms with van der Waals surface area (Å²) in [6.45, 7) is 4.89. The number of ether oxygens (including phenoxy) is 1. The van der Waals surface area contributed by atoms with Crippen LogP contribution in [0.3, 0.4) is 0 Å². The summed E-state index contributed by atoms with van der Waals surface area (Å²) in [5.74, 6) is 1.64. The molecule has 2 aromatic rings. The van der Waals surface area contributed by atoms with Crippen molar-refractivity contribution in [2.24, 2.45) is 5.73 Å². The molecule has 25 heavy (non-hydrogen) atoms. The molecule has 1 atom stereocenters. The van der Waals surface area contributed by atoms with E-state index in [1.165, 1.54) is 0 Å². The summed E-state index contributed by atoms with van der Waals surface area (Å²) < 4.78 is 5.65. The maximum Gasteiger partial charge on any atom is 0.260 e. The molecule has 0 aliphatic carbocycles. The van der Waals surface area contributed by atoms with Crippen molar-refractivity contribution in [2.75, 3.05) is 37.7 Å². The van der Waals surface area contributed by atoms with Crippen LogP contribution in [-0.2, 0) is 4.79 Å². The van der Waals surface area contributed by atoms with E-state index in [4.69, 9.17) is 10.5 Å². The molecule has 3 rings (SSSR count). The number of nitrogens with zero attached hydrogens (tertiary/aromatic N) is 3. The van der Waals surface area contributed by atoms with Gasteiger partial charge in [-0.25, -0.2) is 4.98 Å². The second-order valence-electron chi connectivity index (χ2n) is 6.21. The Hall–Kier alpha value is -2.60. The molecule has 1 aromatic carbocycles. The van der Waals surface area contributed by atoms with Crippen LogP contribution in [0.1, 0.15) is 18.5 Å². The van der Waals surface area contributed by atoms with E-state index in [1.54, 1.807) is 6.20 Å². The number of hydrogen-bond acceptors (Lipinski definition) is 5. The minimum atomic E-state index is -0.0566. The van der Waals surface area contributed by atoms with Gasteiger partial charge in [0, 0.05) is 38.4 Å². The fourth-order valence-corrected chi connectivity index (χ4v) is 2.85. The number of anilines is 1. The molecular weight excluding hydrogens is 316 g/mol. The molecule has 6 heteroatoms. The van der Waals surface area contributed by atoms with Gasteiger partial charge in [-0.05, 0) is 36.8 Å². The SMILES string of the molecule is CC(N)c1cccc(OCC(=O)N2CCN(c3ccccn3)CC2)c1. The number of hydrogen-bond donors (Lipinski definition) is 1. The fourth-order valence-electron chi connectivity index (χ4n) is 2.85. The van der Waals surface area contributed by atoms with Crippen LogP contribution < -0.4 is 15.4 Å². The van der Waals surface area contributed by atoms with Crippen molar-refractivity contribution in [2.45, 2.75) is 13.0 Å². The molecule has 1 aliphatic rings. The second kappa shape index (κ2) is 7.98. The molecule has 1 aliphatic heterocycles. The largest absolute Gasteiger partial charge is 0.484 e. The quantitative estimate of drug-likeness (QED) is 0.899. The van der Waals surface area contributed by atoms with Gasteiger partial charge in [-0.15, -0.1) is 0 Å². The minimum absolute atomic E-state index is 0.00636. The highest BCUT2D eigenvalue weighted by molar-refractivity contribution is 5.78. The highest BCUT2D eigenvalue weighted by atomic mass is 16.5. The number of benzene rings is 1. The number of piperazine rings is 1. The summed E-state index contributed by atoms with van der Waals surface area (Å²) in [6, 6.07) is 13.4. The zero-order valence-corrected chi connectivity index (χ0v) is 14.5. The zero-order chi connectivity index (χ0) is 17.6. The average Bonchev–Trinajstić information content (AvgIpc) is 2.67. The lowest BCUT2D eigenvalue weighted by molar-refractivity contribution is -0.133. The van der Waals surface area contributed by atoms with Gasteiger partial charge in [0.2, 0.25) is 0 Å². The summed E-state index contributed by atoms with van der Waals surface area (Å²) in [7, 11) is 0. The summed E-state index contributed by atoms with van der Waals surface area (Å²) in [5.41, 5.74) is 6.87. The summed E-state index contributed by atoms with van der Waals surface area (Å²) in [6.07, 6.45) is 1.79. The Balaban J connectivity index is 1.49. The van der Waals surface area contributed by atoms with Crippen molar-refractivity contribution >= 4 is 11.7 Å². The first-order valence-corrected chi connectivity index (χ1v) is 8.55. The van der Waals surface area contributed by atoms with Gasteiger partial charge in [0.05, 0.1) is 0 Å². The molecule has 1 saturated heterocycles. The van der Waals surface area contributed by atoms with Crippen LogP contribution in [0.4, 0.5) is 5.82 Å².